The predicted molar refractivity (Wildman–Crippen MR) is 87.0 cm³/mol. The number of hydrogen-bond donors (Lipinski definition) is 0. The SMILES string of the molecule is CC(C)(C)C(=O)N1N=C(C(C)(C)C)CC1c1ccccc1. The summed E-state index contributed by atoms with van der Waals surface area (Å²) in [5.41, 5.74) is 1.80. The molecule has 0 fully saturated rings. The van der Waals surface area contributed by atoms with Gasteiger partial charge in [0.1, 0.15) is 0 Å². The van der Waals surface area contributed by atoms with Crippen LogP contribution in [0.4, 0.5) is 0 Å². The summed E-state index contributed by atoms with van der Waals surface area (Å²) >= 11 is 0. The standard InChI is InChI=1S/C18H26N2O/c1-17(2,3)15-12-14(13-10-8-7-9-11-13)20(19-15)16(21)18(4,5)6/h7-11,14H,12H2,1-6H3. The van der Waals surface area contributed by atoms with Gasteiger partial charge in [0.05, 0.1) is 6.04 Å². The molecule has 0 radical (unpaired) electrons. The van der Waals surface area contributed by atoms with Crippen molar-refractivity contribution in [3.05, 3.63) is 35.9 Å². The van der Waals surface area contributed by atoms with Crippen LogP contribution in [0.15, 0.2) is 35.4 Å². The van der Waals surface area contributed by atoms with Crippen LogP contribution >= 0.6 is 0 Å². The lowest BCUT2D eigenvalue weighted by Gasteiger charge is -2.28. The lowest BCUT2D eigenvalue weighted by Crippen LogP contribution is -2.36. The Hall–Kier alpha value is -1.64. The molecule has 0 bridgehead atoms. The third-order valence-corrected chi connectivity index (χ3v) is 3.81. The molecule has 1 aromatic rings. The van der Waals surface area contributed by atoms with Crippen LogP contribution in [-0.4, -0.2) is 16.6 Å². The Morgan fingerprint density at radius 3 is 2.14 bits per heavy atom. The number of hydrazone groups is 1. The molecule has 3 heteroatoms. The van der Waals surface area contributed by atoms with E-state index < -0.39 is 5.41 Å². The fourth-order valence-electron chi connectivity index (χ4n) is 2.43. The van der Waals surface area contributed by atoms with Gasteiger partial charge in [-0.05, 0) is 5.56 Å². The minimum absolute atomic E-state index is 0.0139. The fourth-order valence-corrected chi connectivity index (χ4v) is 2.43. The van der Waals surface area contributed by atoms with Gasteiger partial charge in [-0.3, -0.25) is 4.79 Å². The quantitative estimate of drug-likeness (QED) is 0.752. The Morgan fingerprint density at radius 1 is 1.10 bits per heavy atom. The predicted octanol–water partition coefficient (Wildman–Crippen LogP) is 4.41. The van der Waals surface area contributed by atoms with Crippen molar-refractivity contribution in [3.8, 4) is 0 Å². The van der Waals surface area contributed by atoms with Gasteiger partial charge < -0.3 is 0 Å². The van der Waals surface area contributed by atoms with E-state index in [9.17, 15) is 4.79 Å². The Bertz CT molecular complexity index is 547. The third kappa shape index (κ3) is 3.34. The van der Waals surface area contributed by atoms with Crippen molar-refractivity contribution in [1.29, 1.82) is 0 Å². The summed E-state index contributed by atoms with van der Waals surface area (Å²) < 4.78 is 0. The van der Waals surface area contributed by atoms with E-state index in [4.69, 9.17) is 0 Å². The van der Waals surface area contributed by atoms with Crippen LogP contribution in [0.1, 0.15) is 59.6 Å². The summed E-state index contributed by atoms with van der Waals surface area (Å²) in [6.45, 7) is 12.3. The molecule has 114 valence electrons. The Balaban J connectivity index is 2.39. The first-order valence-corrected chi connectivity index (χ1v) is 7.57. The number of carbonyl (C=O) groups excluding carboxylic acids is 1. The van der Waals surface area contributed by atoms with Crippen LogP contribution in [0.25, 0.3) is 0 Å². The summed E-state index contributed by atoms with van der Waals surface area (Å²) in [4.78, 5) is 12.7. The molecule has 1 atom stereocenters. The monoisotopic (exact) mass is 286 g/mol. The topological polar surface area (TPSA) is 32.7 Å². The summed E-state index contributed by atoms with van der Waals surface area (Å²) in [5.74, 6) is 0.0793. The van der Waals surface area contributed by atoms with Crippen molar-refractivity contribution in [2.45, 2.75) is 54.0 Å². The average Bonchev–Trinajstić information content (AvgIpc) is 2.82. The van der Waals surface area contributed by atoms with E-state index in [1.807, 2.05) is 39.0 Å². The van der Waals surface area contributed by atoms with Gasteiger partial charge in [0, 0.05) is 23.0 Å². The first-order chi connectivity index (χ1) is 9.60. The largest absolute Gasteiger partial charge is 0.272 e. The molecule has 1 aromatic carbocycles. The maximum Gasteiger partial charge on any atom is 0.248 e. The van der Waals surface area contributed by atoms with Crippen LogP contribution in [0.3, 0.4) is 0 Å². The fraction of sp³-hybridized carbons (Fsp3) is 0.556. The summed E-state index contributed by atoms with van der Waals surface area (Å²) in [6, 6.07) is 10.2. The second kappa shape index (κ2) is 5.28. The van der Waals surface area contributed by atoms with Crippen molar-refractivity contribution < 1.29 is 4.79 Å². The smallest absolute Gasteiger partial charge is 0.248 e. The Labute approximate surface area is 128 Å². The maximum atomic E-state index is 12.7. The number of carbonyl (C=O) groups is 1. The van der Waals surface area contributed by atoms with Crippen LogP contribution in [-0.2, 0) is 4.79 Å². The zero-order chi connectivity index (χ0) is 15.8. The highest BCUT2D eigenvalue weighted by atomic mass is 16.2. The van der Waals surface area contributed by atoms with Crippen molar-refractivity contribution in [2.24, 2.45) is 15.9 Å². The number of amides is 1. The molecule has 1 amide bonds. The number of rotatable bonds is 1. The molecule has 21 heavy (non-hydrogen) atoms. The summed E-state index contributed by atoms with van der Waals surface area (Å²) in [6.07, 6.45) is 0.815. The molecule has 2 rings (SSSR count). The molecule has 1 aliphatic rings. The van der Waals surface area contributed by atoms with Gasteiger partial charge >= 0.3 is 0 Å². The molecule has 1 unspecified atom stereocenters. The van der Waals surface area contributed by atoms with Gasteiger partial charge in [-0.1, -0.05) is 71.9 Å². The van der Waals surface area contributed by atoms with Crippen LogP contribution < -0.4 is 0 Å². The summed E-state index contributed by atoms with van der Waals surface area (Å²) in [7, 11) is 0. The normalized spacial score (nSPS) is 19.6. The molecular weight excluding hydrogens is 260 g/mol. The lowest BCUT2D eigenvalue weighted by atomic mass is 9.85. The Kier molecular flexibility index (Phi) is 3.96. The van der Waals surface area contributed by atoms with Gasteiger partial charge in [-0.2, -0.15) is 5.10 Å². The van der Waals surface area contributed by atoms with Gasteiger partial charge in [0.2, 0.25) is 5.91 Å². The van der Waals surface area contributed by atoms with Crippen molar-refractivity contribution in [2.75, 3.05) is 0 Å². The molecule has 0 N–H and O–H groups in total. The van der Waals surface area contributed by atoms with Crippen molar-refractivity contribution in [3.63, 3.8) is 0 Å². The number of hydrogen-bond acceptors (Lipinski definition) is 2. The second-order valence-electron chi connectivity index (χ2n) is 7.83. The Morgan fingerprint density at radius 2 is 1.67 bits per heavy atom. The van der Waals surface area contributed by atoms with E-state index in [2.05, 4.69) is 38.0 Å². The zero-order valence-corrected chi connectivity index (χ0v) is 14.0. The first kappa shape index (κ1) is 15.7. The molecule has 0 spiro atoms. The zero-order valence-electron chi connectivity index (χ0n) is 14.0. The van der Waals surface area contributed by atoms with E-state index in [1.165, 1.54) is 0 Å². The molecule has 1 aliphatic heterocycles. The lowest BCUT2D eigenvalue weighted by molar-refractivity contribution is -0.141. The highest BCUT2D eigenvalue weighted by Crippen LogP contribution is 2.38. The highest BCUT2D eigenvalue weighted by Gasteiger charge is 2.40. The highest BCUT2D eigenvalue weighted by molar-refractivity contribution is 5.94. The van der Waals surface area contributed by atoms with Crippen LogP contribution in [0.5, 0.6) is 0 Å². The molecule has 0 aliphatic carbocycles. The van der Waals surface area contributed by atoms with Crippen molar-refractivity contribution in [1.82, 2.24) is 5.01 Å². The molecular formula is C18H26N2O. The maximum absolute atomic E-state index is 12.7. The van der Waals surface area contributed by atoms with Gasteiger partial charge in [0.25, 0.3) is 0 Å². The number of nitrogens with zero attached hydrogens (tertiary/aromatic N) is 2. The van der Waals surface area contributed by atoms with Gasteiger partial charge in [0.15, 0.2) is 0 Å². The average molecular weight is 286 g/mol. The number of benzene rings is 1. The van der Waals surface area contributed by atoms with Crippen LogP contribution in [0.2, 0.25) is 0 Å². The summed E-state index contributed by atoms with van der Waals surface area (Å²) in [5, 5.41) is 6.39. The van der Waals surface area contributed by atoms with E-state index in [0.29, 0.717) is 0 Å². The molecule has 1 heterocycles. The van der Waals surface area contributed by atoms with E-state index in [0.717, 1.165) is 17.7 Å². The minimum Gasteiger partial charge on any atom is -0.272 e. The van der Waals surface area contributed by atoms with Gasteiger partial charge in [-0.25, -0.2) is 5.01 Å². The van der Waals surface area contributed by atoms with E-state index in [-0.39, 0.29) is 17.4 Å². The van der Waals surface area contributed by atoms with Crippen molar-refractivity contribution >= 4 is 11.6 Å². The van der Waals surface area contributed by atoms with E-state index >= 15 is 0 Å². The van der Waals surface area contributed by atoms with Gasteiger partial charge in [-0.15, -0.1) is 0 Å². The van der Waals surface area contributed by atoms with E-state index in [1.54, 1.807) is 5.01 Å². The molecule has 0 aromatic heterocycles. The molecule has 0 saturated heterocycles. The second-order valence-corrected chi connectivity index (χ2v) is 7.83. The minimum atomic E-state index is -0.427. The third-order valence-electron chi connectivity index (χ3n) is 3.81. The first-order valence-electron chi connectivity index (χ1n) is 7.57. The molecule has 3 nitrogen and oxygen atoms in total. The van der Waals surface area contributed by atoms with Crippen LogP contribution in [0, 0.1) is 10.8 Å². The molecule has 0 saturated carbocycles.